The normalized spacial score (nSPS) is 19.8. The molecule has 5 nitrogen and oxygen atoms in total. The van der Waals surface area contributed by atoms with E-state index in [0.29, 0.717) is 25.2 Å². The van der Waals surface area contributed by atoms with E-state index < -0.39 is 12.0 Å². The van der Waals surface area contributed by atoms with Crippen molar-refractivity contribution in [2.24, 2.45) is 0 Å². The zero-order chi connectivity index (χ0) is 13.1. The van der Waals surface area contributed by atoms with Crippen LogP contribution in [0.3, 0.4) is 0 Å². The van der Waals surface area contributed by atoms with Gasteiger partial charge in [0.25, 0.3) is 5.91 Å². The lowest BCUT2D eigenvalue weighted by Gasteiger charge is -2.33. The van der Waals surface area contributed by atoms with Crippen molar-refractivity contribution < 1.29 is 14.7 Å². The highest BCUT2D eigenvalue weighted by atomic mass is 16.4. The van der Waals surface area contributed by atoms with Crippen LogP contribution in [-0.4, -0.2) is 39.0 Å². The molecule has 1 N–H and O–H groups in total. The predicted octanol–water partition coefficient (Wildman–Crippen LogP) is 1.59. The smallest absolute Gasteiger partial charge is 0.326 e. The number of amides is 1. The minimum absolute atomic E-state index is 0.172. The summed E-state index contributed by atoms with van der Waals surface area (Å²) in [6, 6.07) is 2.89. The molecule has 0 bridgehead atoms. The van der Waals surface area contributed by atoms with Gasteiger partial charge in [-0.15, -0.1) is 0 Å². The van der Waals surface area contributed by atoms with E-state index in [1.54, 1.807) is 6.07 Å². The Morgan fingerprint density at radius 1 is 1.44 bits per heavy atom. The van der Waals surface area contributed by atoms with Gasteiger partial charge in [-0.1, -0.05) is 0 Å². The van der Waals surface area contributed by atoms with E-state index in [0.717, 1.165) is 12.8 Å². The summed E-state index contributed by atoms with van der Waals surface area (Å²) in [5.74, 6) is -1.08. The van der Waals surface area contributed by atoms with Crippen molar-refractivity contribution in [3.63, 3.8) is 0 Å². The highest BCUT2D eigenvalue weighted by Crippen LogP contribution is 2.20. The molecule has 1 saturated heterocycles. The van der Waals surface area contributed by atoms with Crippen molar-refractivity contribution in [3.05, 3.63) is 24.0 Å². The van der Waals surface area contributed by atoms with Crippen molar-refractivity contribution in [1.29, 1.82) is 0 Å². The van der Waals surface area contributed by atoms with Gasteiger partial charge in [-0.25, -0.2) is 4.79 Å². The molecule has 1 aromatic rings. The number of aryl methyl sites for hydroxylation is 1. The van der Waals surface area contributed by atoms with Gasteiger partial charge < -0.3 is 14.6 Å². The van der Waals surface area contributed by atoms with Crippen LogP contribution in [0.15, 0.2) is 18.3 Å². The molecule has 1 aliphatic rings. The van der Waals surface area contributed by atoms with Gasteiger partial charge in [-0.2, -0.15) is 0 Å². The lowest BCUT2D eigenvalue weighted by molar-refractivity contribution is -0.143. The molecule has 18 heavy (non-hydrogen) atoms. The van der Waals surface area contributed by atoms with E-state index >= 15 is 0 Å². The highest BCUT2D eigenvalue weighted by Gasteiger charge is 2.33. The van der Waals surface area contributed by atoms with Crippen LogP contribution < -0.4 is 0 Å². The maximum absolute atomic E-state index is 12.4. The number of aliphatic carboxylic acids is 1. The van der Waals surface area contributed by atoms with E-state index in [2.05, 4.69) is 0 Å². The number of piperidine rings is 1. The van der Waals surface area contributed by atoms with Crippen molar-refractivity contribution in [1.82, 2.24) is 9.47 Å². The number of hydrogen-bond donors (Lipinski definition) is 1. The maximum Gasteiger partial charge on any atom is 0.326 e. The van der Waals surface area contributed by atoms with E-state index in [1.165, 1.54) is 4.90 Å². The predicted molar refractivity (Wildman–Crippen MR) is 66.4 cm³/mol. The third-order valence-electron chi connectivity index (χ3n) is 3.44. The molecule has 0 spiro atoms. The van der Waals surface area contributed by atoms with Crippen molar-refractivity contribution in [2.75, 3.05) is 6.54 Å². The summed E-state index contributed by atoms with van der Waals surface area (Å²) in [5, 5.41) is 9.18. The molecule has 0 saturated carbocycles. The number of nitrogens with zero attached hydrogens (tertiary/aromatic N) is 2. The van der Waals surface area contributed by atoms with Crippen LogP contribution in [0.2, 0.25) is 0 Å². The minimum Gasteiger partial charge on any atom is -0.480 e. The molecule has 1 aromatic heterocycles. The van der Waals surface area contributed by atoms with E-state index in [-0.39, 0.29) is 5.91 Å². The van der Waals surface area contributed by atoms with Gasteiger partial charge in [0.15, 0.2) is 0 Å². The van der Waals surface area contributed by atoms with Gasteiger partial charge in [0.1, 0.15) is 11.7 Å². The fraction of sp³-hybridized carbons (Fsp3) is 0.538. The maximum atomic E-state index is 12.4. The molecular formula is C13H18N2O3. The van der Waals surface area contributed by atoms with E-state index in [4.69, 9.17) is 0 Å². The second kappa shape index (κ2) is 5.25. The first kappa shape index (κ1) is 12.7. The number of carbonyl (C=O) groups is 2. The standard InChI is InChI=1S/C13H18N2O3/c1-2-14-8-5-7-10(14)12(16)15-9-4-3-6-11(15)13(17)18/h5,7-8,11H,2-4,6,9H2,1H3,(H,17,18)/t11-/m0/s1. The Balaban J connectivity index is 2.23. The van der Waals surface area contributed by atoms with Crippen LogP contribution >= 0.6 is 0 Å². The number of carboxylic acids is 1. The molecule has 0 radical (unpaired) electrons. The highest BCUT2D eigenvalue weighted by molar-refractivity contribution is 5.95. The van der Waals surface area contributed by atoms with Gasteiger partial charge >= 0.3 is 5.97 Å². The number of likely N-dealkylation sites (tertiary alicyclic amines) is 1. The first-order valence-electron chi connectivity index (χ1n) is 6.34. The average molecular weight is 250 g/mol. The Labute approximate surface area is 106 Å². The number of carboxylic acid groups (broad SMARTS) is 1. The molecule has 98 valence electrons. The summed E-state index contributed by atoms with van der Waals surface area (Å²) in [5.41, 5.74) is 0.575. The van der Waals surface area contributed by atoms with Gasteiger partial charge in [-0.05, 0) is 38.3 Å². The van der Waals surface area contributed by atoms with Crippen LogP contribution in [0, 0.1) is 0 Å². The summed E-state index contributed by atoms with van der Waals surface area (Å²) < 4.78 is 1.84. The van der Waals surface area contributed by atoms with Crippen molar-refractivity contribution in [3.8, 4) is 0 Å². The average Bonchev–Trinajstić information content (AvgIpc) is 2.86. The first-order chi connectivity index (χ1) is 8.65. The Hall–Kier alpha value is -1.78. The van der Waals surface area contributed by atoms with Crippen LogP contribution in [0.1, 0.15) is 36.7 Å². The molecule has 1 aliphatic heterocycles. The summed E-state index contributed by atoms with van der Waals surface area (Å²) >= 11 is 0. The summed E-state index contributed by atoms with van der Waals surface area (Å²) in [6.45, 7) is 3.20. The van der Waals surface area contributed by atoms with Crippen molar-refractivity contribution in [2.45, 2.75) is 38.8 Å². The SMILES string of the molecule is CCn1cccc1C(=O)N1CCCC[C@H]1C(=O)O. The Bertz CT molecular complexity index is 453. The zero-order valence-corrected chi connectivity index (χ0v) is 10.5. The van der Waals surface area contributed by atoms with E-state index in [9.17, 15) is 14.7 Å². The monoisotopic (exact) mass is 250 g/mol. The second-order valence-corrected chi connectivity index (χ2v) is 4.53. The summed E-state index contributed by atoms with van der Waals surface area (Å²) in [7, 11) is 0. The molecule has 5 heteroatoms. The second-order valence-electron chi connectivity index (χ2n) is 4.53. The van der Waals surface area contributed by atoms with Gasteiger partial charge in [0.05, 0.1) is 0 Å². The number of rotatable bonds is 3. The topological polar surface area (TPSA) is 62.5 Å². The fourth-order valence-electron chi connectivity index (χ4n) is 2.46. The lowest BCUT2D eigenvalue weighted by atomic mass is 10.0. The van der Waals surface area contributed by atoms with Crippen molar-refractivity contribution >= 4 is 11.9 Å². The number of carbonyl (C=O) groups excluding carboxylic acids is 1. The molecule has 0 unspecified atom stereocenters. The third kappa shape index (κ3) is 2.25. The Morgan fingerprint density at radius 3 is 2.89 bits per heavy atom. The first-order valence-corrected chi connectivity index (χ1v) is 6.34. The molecular weight excluding hydrogens is 232 g/mol. The van der Waals surface area contributed by atoms with E-state index in [1.807, 2.05) is 23.8 Å². The molecule has 2 heterocycles. The fourth-order valence-corrected chi connectivity index (χ4v) is 2.46. The largest absolute Gasteiger partial charge is 0.480 e. The number of hydrogen-bond acceptors (Lipinski definition) is 2. The summed E-state index contributed by atoms with van der Waals surface area (Å²) in [6.07, 6.45) is 4.14. The molecule has 1 atom stereocenters. The van der Waals surface area contributed by atoms with Gasteiger partial charge in [0.2, 0.25) is 0 Å². The molecule has 2 rings (SSSR count). The molecule has 1 fully saturated rings. The van der Waals surface area contributed by atoms with Gasteiger partial charge in [0, 0.05) is 19.3 Å². The quantitative estimate of drug-likeness (QED) is 0.886. The Kier molecular flexibility index (Phi) is 3.69. The third-order valence-corrected chi connectivity index (χ3v) is 3.44. The minimum atomic E-state index is -0.905. The lowest BCUT2D eigenvalue weighted by Crippen LogP contribution is -2.48. The van der Waals surface area contributed by atoms with Crippen LogP contribution in [0.4, 0.5) is 0 Å². The molecule has 1 amide bonds. The van der Waals surface area contributed by atoms with Crippen LogP contribution in [-0.2, 0) is 11.3 Å². The van der Waals surface area contributed by atoms with Crippen LogP contribution in [0.5, 0.6) is 0 Å². The molecule has 0 aromatic carbocycles. The molecule has 0 aliphatic carbocycles. The number of aromatic nitrogens is 1. The zero-order valence-electron chi connectivity index (χ0n) is 10.5. The Morgan fingerprint density at radius 2 is 2.22 bits per heavy atom. The van der Waals surface area contributed by atoms with Crippen LogP contribution in [0.25, 0.3) is 0 Å². The summed E-state index contributed by atoms with van der Waals surface area (Å²) in [4.78, 5) is 25.1. The van der Waals surface area contributed by atoms with Gasteiger partial charge in [-0.3, -0.25) is 4.79 Å².